The summed E-state index contributed by atoms with van der Waals surface area (Å²) in [5.74, 6) is 0. The molecule has 0 aliphatic rings. The number of hydrogen-bond acceptors (Lipinski definition) is 2. The third kappa shape index (κ3) is 3.79. The van der Waals surface area contributed by atoms with Gasteiger partial charge in [0.15, 0.2) is 0 Å². The summed E-state index contributed by atoms with van der Waals surface area (Å²) in [5, 5.41) is 0. The number of aryl methyl sites for hydroxylation is 2. The van der Waals surface area contributed by atoms with Gasteiger partial charge in [-0.05, 0) is 42.2 Å². The number of rotatable bonds is 4. The van der Waals surface area contributed by atoms with Crippen molar-refractivity contribution < 1.29 is 13.2 Å². The van der Waals surface area contributed by atoms with Crippen LogP contribution in [0.4, 0.5) is 18.9 Å². The normalized spacial score (nSPS) is 11.6. The lowest BCUT2D eigenvalue weighted by atomic mass is 10.0. The van der Waals surface area contributed by atoms with Crippen LogP contribution in [0.1, 0.15) is 15.3 Å². The van der Waals surface area contributed by atoms with Gasteiger partial charge < -0.3 is 5.73 Å². The predicted octanol–water partition coefficient (Wildman–Crippen LogP) is 5.80. The summed E-state index contributed by atoms with van der Waals surface area (Å²) in [7, 11) is 0. The standard InChI is InChI=1S/C19H16F3NS/c20-19(21,22)18-17(14-4-2-1-3-5-14)12-16(24-18)11-8-13-6-9-15(23)10-7-13/h1-7,9-10,12H,8,11,23H2. The lowest BCUT2D eigenvalue weighted by Gasteiger charge is -2.07. The van der Waals surface area contributed by atoms with Crippen molar-refractivity contribution in [1.82, 2.24) is 0 Å². The second-order valence-corrected chi connectivity index (χ2v) is 6.70. The Morgan fingerprint density at radius 2 is 1.54 bits per heavy atom. The van der Waals surface area contributed by atoms with E-state index in [1.165, 1.54) is 0 Å². The molecular weight excluding hydrogens is 331 g/mol. The van der Waals surface area contributed by atoms with Crippen molar-refractivity contribution in [1.29, 1.82) is 0 Å². The monoisotopic (exact) mass is 347 g/mol. The van der Waals surface area contributed by atoms with Crippen LogP contribution in [0, 0.1) is 0 Å². The first kappa shape index (κ1) is 16.6. The Labute approximate surface area is 142 Å². The van der Waals surface area contributed by atoms with E-state index in [1.54, 1.807) is 48.5 Å². The van der Waals surface area contributed by atoms with E-state index in [9.17, 15) is 13.2 Å². The SMILES string of the molecule is Nc1ccc(CCc2cc(-c3ccccc3)c(C(F)(F)F)s2)cc1. The highest BCUT2D eigenvalue weighted by atomic mass is 32.1. The zero-order valence-corrected chi connectivity index (χ0v) is 13.6. The zero-order valence-electron chi connectivity index (χ0n) is 12.8. The van der Waals surface area contributed by atoms with Crippen LogP contribution in [0.2, 0.25) is 0 Å². The largest absolute Gasteiger partial charge is 0.426 e. The van der Waals surface area contributed by atoms with E-state index in [0.717, 1.165) is 21.8 Å². The van der Waals surface area contributed by atoms with Gasteiger partial charge in [-0.15, -0.1) is 11.3 Å². The van der Waals surface area contributed by atoms with Crippen LogP contribution in [-0.4, -0.2) is 0 Å². The van der Waals surface area contributed by atoms with Crippen LogP contribution in [0.5, 0.6) is 0 Å². The van der Waals surface area contributed by atoms with Crippen molar-refractivity contribution in [2.45, 2.75) is 19.0 Å². The molecule has 0 amide bonds. The Morgan fingerprint density at radius 1 is 0.875 bits per heavy atom. The van der Waals surface area contributed by atoms with E-state index < -0.39 is 11.1 Å². The summed E-state index contributed by atoms with van der Waals surface area (Å²) in [6.45, 7) is 0. The summed E-state index contributed by atoms with van der Waals surface area (Å²) in [6, 6.07) is 17.8. The Balaban J connectivity index is 1.87. The fourth-order valence-corrected chi connectivity index (χ4v) is 3.61. The first-order valence-electron chi connectivity index (χ1n) is 7.53. The highest BCUT2D eigenvalue weighted by Crippen LogP contribution is 2.43. The molecule has 0 atom stereocenters. The van der Waals surface area contributed by atoms with E-state index in [2.05, 4.69) is 0 Å². The average Bonchev–Trinajstić information content (AvgIpc) is 3.00. The molecule has 0 spiro atoms. The Kier molecular flexibility index (Phi) is 4.62. The molecule has 0 radical (unpaired) electrons. The van der Waals surface area contributed by atoms with Gasteiger partial charge in [0.05, 0.1) is 0 Å². The zero-order chi connectivity index (χ0) is 17.2. The molecule has 1 heterocycles. The summed E-state index contributed by atoms with van der Waals surface area (Å²) >= 11 is 0.834. The lowest BCUT2D eigenvalue weighted by molar-refractivity contribution is -0.133. The summed E-state index contributed by atoms with van der Waals surface area (Å²) in [5.41, 5.74) is 8.25. The minimum Gasteiger partial charge on any atom is -0.399 e. The Hall–Kier alpha value is -2.27. The van der Waals surface area contributed by atoms with Crippen molar-refractivity contribution in [3.8, 4) is 11.1 Å². The van der Waals surface area contributed by atoms with E-state index in [0.29, 0.717) is 24.1 Å². The molecule has 0 saturated heterocycles. The molecule has 5 heteroatoms. The van der Waals surface area contributed by atoms with Crippen LogP contribution in [-0.2, 0) is 19.0 Å². The highest BCUT2D eigenvalue weighted by molar-refractivity contribution is 7.12. The molecule has 0 unspecified atom stereocenters. The number of nitrogen functional groups attached to an aromatic ring is 1. The molecular formula is C19H16F3NS. The van der Waals surface area contributed by atoms with Gasteiger partial charge in [0.1, 0.15) is 4.88 Å². The Bertz CT molecular complexity index is 805. The molecule has 2 aromatic carbocycles. The number of hydrogen-bond donors (Lipinski definition) is 1. The van der Waals surface area contributed by atoms with E-state index in [1.807, 2.05) is 12.1 Å². The highest BCUT2D eigenvalue weighted by Gasteiger charge is 2.36. The van der Waals surface area contributed by atoms with Gasteiger partial charge in [0.25, 0.3) is 0 Å². The van der Waals surface area contributed by atoms with Crippen LogP contribution in [0.3, 0.4) is 0 Å². The number of alkyl halides is 3. The molecule has 0 fully saturated rings. The van der Waals surface area contributed by atoms with Crippen molar-refractivity contribution >= 4 is 17.0 Å². The third-order valence-corrected chi connectivity index (χ3v) is 5.00. The first-order chi connectivity index (χ1) is 11.4. The second kappa shape index (κ2) is 6.69. The molecule has 3 rings (SSSR count). The number of anilines is 1. The number of halogens is 3. The number of benzene rings is 2. The van der Waals surface area contributed by atoms with Gasteiger partial charge in [-0.3, -0.25) is 0 Å². The molecule has 0 saturated carbocycles. The lowest BCUT2D eigenvalue weighted by Crippen LogP contribution is -2.03. The first-order valence-corrected chi connectivity index (χ1v) is 8.35. The smallest absolute Gasteiger partial charge is 0.399 e. The molecule has 24 heavy (non-hydrogen) atoms. The second-order valence-electron chi connectivity index (χ2n) is 5.56. The number of thiophene rings is 1. The molecule has 3 aromatic rings. The van der Waals surface area contributed by atoms with Gasteiger partial charge in [-0.25, -0.2) is 0 Å². The van der Waals surface area contributed by atoms with Gasteiger partial charge in [0, 0.05) is 16.1 Å². The molecule has 0 aliphatic heterocycles. The Morgan fingerprint density at radius 3 is 2.17 bits per heavy atom. The maximum atomic E-state index is 13.4. The van der Waals surface area contributed by atoms with Crippen molar-refractivity contribution in [2.24, 2.45) is 0 Å². The molecule has 1 aromatic heterocycles. The molecule has 124 valence electrons. The van der Waals surface area contributed by atoms with E-state index in [4.69, 9.17) is 5.73 Å². The van der Waals surface area contributed by atoms with Crippen LogP contribution < -0.4 is 5.73 Å². The molecule has 0 aliphatic carbocycles. The fourth-order valence-electron chi connectivity index (χ4n) is 2.56. The topological polar surface area (TPSA) is 26.0 Å². The quantitative estimate of drug-likeness (QED) is 0.593. The summed E-state index contributed by atoms with van der Waals surface area (Å²) < 4.78 is 40.1. The van der Waals surface area contributed by atoms with Crippen molar-refractivity contribution in [3.63, 3.8) is 0 Å². The van der Waals surface area contributed by atoms with Gasteiger partial charge in [0.2, 0.25) is 0 Å². The average molecular weight is 347 g/mol. The van der Waals surface area contributed by atoms with Gasteiger partial charge >= 0.3 is 6.18 Å². The number of nitrogens with two attached hydrogens (primary N) is 1. The predicted molar refractivity (Wildman–Crippen MR) is 93.0 cm³/mol. The molecule has 2 N–H and O–H groups in total. The fraction of sp³-hybridized carbons (Fsp3) is 0.158. The van der Waals surface area contributed by atoms with E-state index >= 15 is 0 Å². The van der Waals surface area contributed by atoms with Crippen LogP contribution in [0.15, 0.2) is 60.7 Å². The molecule has 0 bridgehead atoms. The minimum absolute atomic E-state index is 0.264. The van der Waals surface area contributed by atoms with E-state index in [-0.39, 0.29) is 5.56 Å². The summed E-state index contributed by atoms with van der Waals surface area (Å²) in [6.07, 6.45) is -3.08. The maximum Gasteiger partial charge on any atom is 0.426 e. The van der Waals surface area contributed by atoms with Crippen LogP contribution >= 0.6 is 11.3 Å². The maximum absolute atomic E-state index is 13.4. The van der Waals surface area contributed by atoms with Crippen molar-refractivity contribution in [3.05, 3.63) is 76.0 Å². The third-order valence-electron chi connectivity index (χ3n) is 3.77. The van der Waals surface area contributed by atoms with Gasteiger partial charge in [-0.2, -0.15) is 13.2 Å². The molecule has 1 nitrogen and oxygen atoms in total. The minimum atomic E-state index is -4.34. The van der Waals surface area contributed by atoms with Gasteiger partial charge in [-0.1, -0.05) is 42.5 Å². The van der Waals surface area contributed by atoms with Crippen LogP contribution in [0.25, 0.3) is 11.1 Å². The van der Waals surface area contributed by atoms with Crippen molar-refractivity contribution in [2.75, 3.05) is 5.73 Å². The summed E-state index contributed by atoms with van der Waals surface area (Å²) in [4.78, 5) is 0.207.